The van der Waals surface area contributed by atoms with Crippen LogP contribution in [0.2, 0.25) is 0 Å². The zero-order valence-corrected chi connectivity index (χ0v) is 16.6. The summed E-state index contributed by atoms with van der Waals surface area (Å²) in [6.07, 6.45) is 2.31. The molecule has 1 amide bonds. The van der Waals surface area contributed by atoms with Crippen LogP contribution in [0.3, 0.4) is 0 Å². The van der Waals surface area contributed by atoms with Crippen molar-refractivity contribution in [2.75, 3.05) is 13.1 Å². The van der Waals surface area contributed by atoms with Crippen molar-refractivity contribution in [3.05, 3.63) is 52.9 Å². The van der Waals surface area contributed by atoms with Crippen molar-refractivity contribution in [3.8, 4) is 0 Å². The minimum Gasteiger partial charge on any atom is -0.393 e. The molecule has 27 heavy (non-hydrogen) atoms. The summed E-state index contributed by atoms with van der Waals surface area (Å²) in [5.74, 6) is -0.530. The number of piperidine rings is 1. The highest BCUT2D eigenvalue weighted by atomic mass is 32.2. The van der Waals surface area contributed by atoms with Crippen molar-refractivity contribution in [2.24, 2.45) is 11.7 Å². The zero-order valence-electron chi connectivity index (χ0n) is 15.0. The van der Waals surface area contributed by atoms with Gasteiger partial charge in [-0.2, -0.15) is 4.31 Å². The Hall–Kier alpha value is -1.74. The van der Waals surface area contributed by atoms with Gasteiger partial charge in [-0.3, -0.25) is 4.79 Å². The van der Waals surface area contributed by atoms with E-state index in [2.05, 4.69) is 0 Å². The molecule has 2 aromatic rings. The highest BCUT2D eigenvalue weighted by Crippen LogP contribution is 2.29. The van der Waals surface area contributed by atoms with E-state index in [1.165, 1.54) is 21.3 Å². The maximum Gasteiger partial charge on any atom is 0.252 e. The predicted molar refractivity (Wildman–Crippen MR) is 105 cm³/mol. The topological polar surface area (TPSA) is 101 Å². The third-order valence-corrected chi connectivity index (χ3v) is 8.38. The Labute approximate surface area is 163 Å². The molecule has 8 heteroatoms. The summed E-state index contributed by atoms with van der Waals surface area (Å²) in [6.45, 7) is 0.748. The maximum atomic E-state index is 12.7. The summed E-state index contributed by atoms with van der Waals surface area (Å²) >= 11 is 1.01. The number of hydrogen-bond donors (Lipinski definition) is 2. The van der Waals surface area contributed by atoms with Crippen molar-refractivity contribution in [1.82, 2.24) is 4.31 Å². The van der Waals surface area contributed by atoms with Crippen LogP contribution in [0.1, 0.15) is 35.2 Å². The first-order valence-electron chi connectivity index (χ1n) is 8.98. The Morgan fingerprint density at radius 2 is 1.93 bits per heavy atom. The van der Waals surface area contributed by atoms with E-state index in [4.69, 9.17) is 5.73 Å². The van der Waals surface area contributed by atoms with Gasteiger partial charge in [0.15, 0.2) is 0 Å². The summed E-state index contributed by atoms with van der Waals surface area (Å²) in [5.41, 5.74) is 6.61. The smallest absolute Gasteiger partial charge is 0.252 e. The fraction of sp³-hybridized carbons (Fsp3) is 0.421. The Balaban J connectivity index is 1.55. The van der Waals surface area contributed by atoms with Crippen LogP contribution in [0.4, 0.5) is 0 Å². The number of aryl methyl sites for hydroxylation is 1. The number of thiophene rings is 1. The Bertz CT molecular complexity index is 872. The first-order valence-corrected chi connectivity index (χ1v) is 11.3. The zero-order chi connectivity index (χ0) is 19.4. The van der Waals surface area contributed by atoms with Gasteiger partial charge in [0.25, 0.3) is 10.0 Å². The van der Waals surface area contributed by atoms with Crippen molar-refractivity contribution in [2.45, 2.75) is 36.0 Å². The molecule has 0 radical (unpaired) electrons. The molecular formula is C19H24N2O4S2. The number of aliphatic hydroxyl groups excluding tert-OH is 1. The van der Waals surface area contributed by atoms with Gasteiger partial charge >= 0.3 is 0 Å². The van der Waals surface area contributed by atoms with Gasteiger partial charge in [0.05, 0.1) is 11.7 Å². The summed E-state index contributed by atoms with van der Waals surface area (Å²) in [7, 11) is -3.62. The molecule has 1 unspecified atom stereocenters. The molecule has 1 aliphatic rings. The molecular weight excluding hydrogens is 384 g/mol. The summed E-state index contributed by atoms with van der Waals surface area (Å²) in [6, 6.07) is 11.4. The first kappa shape index (κ1) is 20.0. The Morgan fingerprint density at radius 3 is 2.52 bits per heavy atom. The van der Waals surface area contributed by atoms with Gasteiger partial charge in [-0.15, -0.1) is 11.3 Å². The van der Waals surface area contributed by atoms with Gasteiger partial charge in [0, 0.05) is 18.5 Å². The molecule has 3 N–H and O–H groups in total. The lowest BCUT2D eigenvalue weighted by Gasteiger charge is -2.33. The third kappa shape index (κ3) is 4.76. The molecule has 1 fully saturated rings. The SMILES string of the molecule is NC(=O)c1csc(S(=O)(=O)N2CCC(C(O)CCc3ccccc3)CC2)c1. The number of rotatable bonds is 7. The molecule has 1 aliphatic heterocycles. The molecule has 0 bridgehead atoms. The van der Waals surface area contributed by atoms with E-state index in [1.54, 1.807) is 0 Å². The lowest BCUT2D eigenvalue weighted by atomic mass is 9.89. The van der Waals surface area contributed by atoms with Crippen LogP contribution in [0.15, 0.2) is 46.0 Å². The molecule has 1 saturated heterocycles. The molecule has 2 heterocycles. The van der Waals surface area contributed by atoms with Gasteiger partial charge < -0.3 is 10.8 Å². The van der Waals surface area contributed by atoms with Crippen molar-refractivity contribution in [1.29, 1.82) is 0 Å². The number of nitrogens with zero attached hydrogens (tertiary/aromatic N) is 1. The average Bonchev–Trinajstić information content (AvgIpc) is 3.18. The van der Waals surface area contributed by atoms with Gasteiger partial charge in [-0.1, -0.05) is 30.3 Å². The standard InChI is InChI=1S/C19H24N2O4S2/c20-19(23)16-12-18(26-13-16)27(24,25)21-10-8-15(9-11-21)17(22)7-6-14-4-2-1-3-5-14/h1-5,12-13,15,17,22H,6-11H2,(H2,20,23). The molecule has 146 valence electrons. The van der Waals surface area contributed by atoms with E-state index >= 15 is 0 Å². The number of nitrogens with two attached hydrogens (primary N) is 1. The molecule has 0 aliphatic carbocycles. The van der Waals surface area contributed by atoms with Crippen LogP contribution in [-0.4, -0.2) is 42.9 Å². The molecule has 3 rings (SSSR count). The fourth-order valence-electron chi connectivity index (χ4n) is 3.40. The third-order valence-electron chi connectivity index (χ3n) is 5.07. The number of sulfonamides is 1. The summed E-state index contributed by atoms with van der Waals surface area (Å²) < 4.78 is 27.0. The van der Waals surface area contributed by atoms with Crippen molar-refractivity contribution >= 4 is 27.3 Å². The quantitative estimate of drug-likeness (QED) is 0.734. The molecule has 1 atom stereocenters. The first-order chi connectivity index (χ1) is 12.9. The number of hydrogen-bond acceptors (Lipinski definition) is 5. The van der Waals surface area contributed by atoms with Crippen LogP contribution in [0, 0.1) is 5.92 Å². The number of amides is 1. The molecule has 6 nitrogen and oxygen atoms in total. The van der Waals surface area contributed by atoms with E-state index in [0.29, 0.717) is 32.4 Å². The largest absolute Gasteiger partial charge is 0.393 e. The molecule has 0 spiro atoms. The second-order valence-electron chi connectivity index (χ2n) is 6.85. The normalized spacial score (nSPS) is 17.7. The van der Waals surface area contributed by atoms with E-state index in [1.807, 2.05) is 30.3 Å². The van der Waals surface area contributed by atoms with Crippen molar-refractivity contribution < 1.29 is 18.3 Å². The highest BCUT2D eigenvalue weighted by molar-refractivity contribution is 7.91. The fourth-order valence-corrected chi connectivity index (χ4v) is 6.20. The lowest BCUT2D eigenvalue weighted by molar-refractivity contribution is 0.0696. The average molecular weight is 409 g/mol. The number of carbonyl (C=O) groups excluding carboxylic acids is 1. The van der Waals surface area contributed by atoms with Crippen molar-refractivity contribution in [3.63, 3.8) is 0 Å². The van der Waals surface area contributed by atoms with E-state index in [-0.39, 0.29) is 15.7 Å². The maximum absolute atomic E-state index is 12.7. The number of aliphatic hydroxyl groups is 1. The molecule has 0 saturated carbocycles. The second kappa shape index (κ2) is 8.52. The Morgan fingerprint density at radius 1 is 1.26 bits per heavy atom. The van der Waals surface area contributed by atoms with Crippen LogP contribution in [0.25, 0.3) is 0 Å². The summed E-state index contributed by atoms with van der Waals surface area (Å²) in [5, 5.41) is 12.0. The molecule has 1 aromatic carbocycles. The molecule has 1 aromatic heterocycles. The van der Waals surface area contributed by atoms with Gasteiger partial charge in [0.2, 0.25) is 5.91 Å². The minimum absolute atomic E-state index is 0.102. The van der Waals surface area contributed by atoms with E-state index in [9.17, 15) is 18.3 Å². The van der Waals surface area contributed by atoms with Crippen LogP contribution >= 0.6 is 11.3 Å². The van der Waals surface area contributed by atoms with Gasteiger partial charge in [0.1, 0.15) is 4.21 Å². The second-order valence-corrected chi connectivity index (χ2v) is 9.93. The van der Waals surface area contributed by atoms with E-state index in [0.717, 1.165) is 17.8 Å². The monoisotopic (exact) mass is 408 g/mol. The van der Waals surface area contributed by atoms with Crippen LogP contribution in [-0.2, 0) is 16.4 Å². The van der Waals surface area contributed by atoms with Gasteiger partial charge in [-0.25, -0.2) is 8.42 Å². The lowest BCUT2D eigenvalue weighted by Crippen LogP contribution is -2.41. The van der Waals surface area contributed by atoms with Crippen LogP contribution < -0.4 is 5.73 Å². The van der Waals surface area contributed by atoms with Gasteiger partial charge in [-0.05, 0) is 43.2 Å². The minimum atomic E-state index is -3.62. The number of carbonyl (C=O) groups is 1. The number of benzene rings is 1. The number of primary amides is 1. The van der Waals surface area contributed by atoms with E-state index < -0.39 is 22.0 Å². The predicted octanol–water partition coefficient (Wildman–Crippen LogP) is 2.24. The van der Waals surface area contributed by atoms with Crippen LogP contribution in [0.5, 0.6) is 0 Å². The highest BCUT2D eigenvalue weighted by Gasteiger charge is 2.33. The summed E-state index contributed by atoms with van der Waals surface area (Å²) in [4.78, 5) is 11.2. The Kier molecular flexibility index (Phi) is 6.31.